The van der Waals surface area contributed by atoms with Crippen LogP contribution in [-0.4, -0.2) is 31.5 Å². The molecule has 5 rings (SSSR count). The zero-order chi connectivity index (χ0) is 24.0. The van der Waals surface area contributed by atoms with Gasteiger partial charge in [0.05, 0.1) is 23.1 Å². The van der Waals surface area contributed by atoms with Crippen molar-refractivity contribution in [3.63, 3.8) is 0 Å². The molecule has 7 nitrogen and oxygen atoms in total. The topological polar surface area (TPSA) is 69.4 Å². The van der Waals surface area contributed by atoms with Crippen molar-refractivity contribution in [2.75, 3.05) is 6.54 Å². The second kappa shape index (κ2) is 8.44. The van der Waals surface area contributed by atoms with E-state index in [1.54, 1.807) is 29.8 Å². The van der Waals surface area contributed by atoms with E-state index in [9.17, 15) is 14.0 Å². The number of hydrogen-bond acceptors (Lipinski definition) is 4. The van der Waals surface area contributed by atoms with Gasteiger partial charge in [-0.15, -0.1) is 0 Å². The summed E-state index contributed by atoms with van der Waals surface area (Å²) in [5.41, 5.74) is 4.52. The highest BCUT2D eigenvalue weighted by molar-refractivity contribution is 5.88. The van der Waals surface area contributed by atoms with Gasteiger partial charge in [-0.2, -0.15) is 0 Å². The number of fused-ring (bicyclic) bond motifs is 3. The van der Waals surface area contributed by atoms with Gasteiger partial charge in [0.15, 0.2) is 0 Å². The molecule has 4 heterocycles. The van der Waals surface area contributed by atoms with Gasteiger partial charge in [-0.3, -0.25) is 19.1 Å². The van der Waals surface area contributed by atoms with Crippen molar-refractivity contribution >= 4 is 16.8 Å². The van der Waals surface area contributed by atoms with Crippen molar-refractivity contribution in [3.05, 3.63) is 88.0 Å². The number of benzene rings is 1. The first-order chi connectivity index (χ1) is 16.3. The van der Waals surface area contributed by atoms with Crippen molar-refractivity contribution < 1.29 is 13.9 Å². The van der Waals surface area contributed by atoms with E-state index in [1.165, 1.54) is 23.4 Å². The summed E-state index contributed by atoms with van der Waals surface area (Å²) in [4.78, 5) is 30.7. The SMILES string of the molecule is CC(=O)N1Cc2c(n(C)c3cc(-n4ccc(OCc5ccc(F)cn5)cc4=O)ccc23)C(C)C1. The Morgan fingerprint density at radius 2 is 2.03 bits per heavy atom. The molecule has 0 spiro atoms. The Hall–Kier alpha value is -3.94. The average Bonchev–Trinajstić information content (AvgIpc) is 3.10. The maximum absolute atomic E-state index is 13.0. The van der Waals surface area contributed by atoms with Gasteiger partial charge in [-0.25, -0.2) is 4.39 Å². The highest BCUT2D eigenvalue weighted by Crippen LogP contribution is 2.36. The van der Waals surface area contributed by atoms with Crippen LogP contribution < -0.4 is 10.3 Å². The molecule has 1 aliphatic rings. The zero-order valence-corrected chi connectivity index (χ0v) is 19.3. The van der Waals surface area contributed by atoms with Crippen LogP contribution in [0.25, 0.3) is 16.6 Å². The molecule has 0 aliphatic carbocycles. The first-order valence-electron chi connectivity index (χ1n) is 11.1. The van der Waals surface area contributed by atoms with Gasteiger partial charge in [-0.1, -0.05) is 13.0 Å². The van der Waals surface area contributed by atoms with Gasteiger partial charge in [0.25, 0.3) is 5.56 Å². The molecule has 3 aromatic heterocycles. The summed E-state index contributed by atoms with van der Waals surface area (Å²) in [5, 5.41) is 1.10. The summed E-state index contributed by atoms with van der Waals surface area (Å²) >= 11 is 0. The minimum Gasteiger partial charge on any atom is -0.487 e. The van der Waals surface area contributed by atoms with Crippen molar-refractivity contribution in [2.45, 2.75) is 32.9 Å². The molecule has 174 valence electrons. The number of aromatic nitrogens is 3. The molecular weight excluding hydrogens is 435 g/mol. The number of rotatable bonds is 4. The lowest BCUT2D eigenvalue weighted by atomic mass is 9.96. The van der Waals surface area contributed by atoms with Crippen LogP contribution in [0, 0.1) is 5.82 Å². The molecule has 1 amide bonds. The first-order valence-corrected chi connectivity index (χ1v) is 11.1. The minimum atomic E-state index is -0.409. The third-order valence-electron chi connectivity index (χ3n) is 6.44. The molecular formula is C26H25FN4O3. The largest absolute Gasteiger partial charge is 0.487 e. The molecule has 0 radical (unpaired) electrons. The van der Waals surface area contributed by atoms with Crippen molar-refractivity contribution in [1.82, 2.24) is 19.0 Å². The highest BCUT2D eigenvalue weighted by atomic mass is 19.1. The minimum absolute atomic E-state index is 0.0789. The summed E-state index contributed by atoms with van der Waals surface area (Å²) < 4.78 is 22.4. The van der Waals surface area contributed by atoms with E-state index in [4.69, 9.17) is 4.74 Å². The van der Waals surface area contributed by atoms with Crippen LogP contribution in [0.4, 0.5) is 4.39 Å². The standard InChI is InChI=1S/C26H25FN4O3/c1-16-13-30(17(2)32)14-23-22-7-6-20(10-24(22)29(3)26(16)23)31-9-8-21(11-25(31)33)34-15-19-5-4-18(27)12-28-19/h4-12,16H,13-15H2,1-3H3. The molecule has 1 unspecified atom stereocenters. The molecule has 0 bridgehead atoms. The lowest BCUT2D eigenvalue weighted by molar-refractivity contribution is -0.130. The van der Waals surface area contributed by atoms with E-state index in [2.05, 4.69) is 16.5 Å². The van der Waals surface area contributed by atoms with Crippen LogP contribution in [0.1, 0.15) is 36.7 Å². The van der Waals surface area contributed by atoms with Crippen LogP contribution >= 0.6 is 0 Å². The number of ether oxygens (including phenoxy) is 1. The van der Waals surface area contributed by atoms with Gasteiger partial charge >= 0.3 is 0 Å². The van der Waals surface area contributed by atoms with Crippen LogP contribution in [0.2, 0.25) is 0 Å². The Balaban J connectivity index is 1.44. The van der Waals surface area contributed by atoms with E-state index < -0.39 is 5.82 Å². The molecule has 4 aromatic rings. The molecule has 0 fully saturated rings. The van der Waals surface area contributed by atoms with Gasteiger partial charge in [-0.05, 0) is 30.3 Å². The fourth-order valence-electron chi connectivity index (χ4n) is 4.79. The number of amides is 1. The lowest BCUT2D eigenvalue weighted by Gasteiger charge is -2.31. The fourth-order valence-corrected chi connectivity index (χ4v) is 4.79. The molecule has 34 heavy (non-hydrogen) atoms. The van der Waals surface area contributed by atoms with Crippen molar-refractivity contribution in [3.8, 4) is 11.4 Å². The molecule has 0 saturated carbocycles. The lowest BCUT2D eigenvalue weighted by Crippen LogP contribution is -2.36. The van der Waals surface area contributed by atoms with Crippen LogP contribution in [-0.2, 0) is 25.0 Å². The number of pyridine rings is 2. The monoisotopic (exact) mass is 460 g/mol. The molecule has 1 aromatic carbocycles. The second-order valence-electron chi connectivity index (χ2n) is 8.75. The van der Waals surface area contributed by atoms with Crippen molar-refractivity contribution in [2.24, 2.45) is 7.05 Å². The Morgan fingerprint density at radius 3 is 2.74 bits per heavy atom. The zero-order valence-electron chi connectivity index (χ0n) is 19.3. The summed E-state index contributed by atoms with van der Waals surface area (Å²) in [6, 6.07) is 12.0. The van der Waals surface area contributed by atoms with Crippen LogP contribution in [0.3, 0.4) is 0 Å². The predicted molar refractivity (Wildman–Crippen MR) is 127 cm³/mol. The number of hydrogen-bond donors (Lipinski definition) is 0. The number of halogens is 1. The van der Waals surface area contributed by atoms with Gasteiger partial charge in [0.1, 0.15) is 18.2 Å². The van der Waals surface area contributed by atoms with E-state index in [1.807, 2.05) is 30.1 Å². The first kappa shape index (κ1) is 21.9. The van der Waals surface area contributed by atoms with Gasteiger partial charge < -0.3 is 14.2 Å². The summed E-state index contributed by atoms with van der Waals surface area (Å²) in [7, 11) is 2.04. The number of aryl methyl sites for hydroxylation is 1. The normalized spacial score (nSPS) is 15.4. The smallest absolute Gasteiger partial charge is 0.258 e. The summed E-state index contributed by atoms with van der Waals surface area (Å²) in [6.45, 7) is 5.18. The van der Waals surface area contributed by atoms with E-state index in [-0.39, 0.29) is 24.0 Å². The molecule has 0 N–H and O–H groups in total. The quantitative estimate of drug-likeness (QED) is 0.463. The predicted octanol–water partition coefficient (Wildman–Crippen LogP) is 3.91. The third kappa shape index (κ3) is 3.85. The average molecular weight is 461 g/mol. The third-order valence-corrected chi connectivity index (χ3v) is 6.44. The molecule has 8 heteroatoms. The number of carbonyl (C=O) groups is 1. The van der Waals surface area contributed by atoms with E-state index in [0.29, 0.717) is 24.5 Å². The Labute approximate surface area is 196 Å². The maximum Gasteiger partial charge on any atom is 0.258 e. The summed E-state index contributed by atoms with van der Waals surface area (Å²) in [5.74, 6) is 0.312. The summed E-state index contributed by atoms with van der Waals surface area (Å²) in [6.07, 6.45) is 2.81. The Morgan fingerprint density at radius 1 is 1.21 bits per heavy atom. The highest BCUT2D eigenvalue weighted by Gasteiger charge is 2.29. The van der Waals surface area contributed by atoms with Gasteiger partial charge in [0, 0.05) is 61.9 Å². The Bertz CT molecular complexity index is 1460. The van der Waals surface area contributed by atoms with Crippen molar-refractivity contribution in [1.29, 1.82) is 0 Å². The van der Waals surface area contributed by atoms with E-state index in [0.717, 1.165) is 22.8 Å². The Kier molecular flexibility index (Phi) is 5.43. The fraction of sp³-hybridized carbons (Fsp3) is 0.269. The van der Waals surface area contributed by atoms with Crippen LogP contribution in [0.15, 0.2) is 59.7 Å². The second-order valence-corrected chi connectivity index (χ2v) is 8.75. The van der Waals surface area contributed by atoms with E-state index >= 15 is 0 Å². The maximum atomic E-state index is 13.0. The molecule has 1 aliphatic heterocycles. The van der Waals surface area contributed by atoms with Gasteiger partial charge in [0.2, 0.25) is 5.91 Å². The van der Waals surface area contributed by atoms with Crippen LogP contribution in [0.5, 0.6) is 5.75 Å². The number of nitrogens with zero attached hydrogens (tertiary/aromatic N) is 4. The molecule has 1 atom stereocenters. The molecule has 0 saturated heterocycles. The number of carbonyl (C=O) groups excluding carboxylic acids is 1.